The second kappa shape index (κ2) is 6.22. The van der Waals surface area contributed by atoms with Crippen LogP contribution in [-0.2, 0) is 4.79 Å². The molecule has 0 saturated heterocycles. The molecule has 0 unspecified atom stereocenters. The first-order valence-electron chi connectivity index (χ1n) is 6.38. The van der Waals surface area contributed by atoms with Gasteiger partial charge in [0, 0.05) is 5.56 Å². The van der Waals surface area contributed by atoms with Crippen LogP contribution < -0.4 is 10.1 Å². The molecule has 0 aromatic heterocycles. The lowest BCUT2D eigenvalue weighted by Crippen LogP contribution is -2.29. The number of hydrogen-bond donors (Lipinski definition) is 2. The molecule has 102 valence electrons. The fourth-order valence-electron chi connectivity index (χ4n) is 1.83. The lowest BCUT2D eigenvalue weighted by molar-refractivity contribution is -0.135. The van der Waals surface area contributed by atoms with E-state index in [2.05, 4.69) is 5.32 Å². The van der Waals surface area contributed by atoms with Gasteiger partial charge in [0.2, 0.25) is 0 Å². The Kier molecular flexibility index (Phi) is 4.39. The SMILES string of the molecule is O=C(O)CNC(=O)c1ccc(OCC2CCC2)cc1. The molecule has 0 aliphatic heterocycles. The van der Waals surface area contributed by atoms with Crippen LogP contribution in [0.1, 0.15) is 29.6 Å². The van der Waals surface area contributed by atoms with E-state index >= 15 is 0 Å². The molecule has 0 atom stereocenters. The van der Waals surface area contributed by atoms with Crippen LogP contribution in [-0.4, -0.2) is 30.1 Å². The highest BCUT2D eigenvalue weighted by atomic mass is 16.5. The molecule has 2 rings (SSSR count). The van der Waals surface area contributed by atoms with Crippen molar-refractivity contribution in [3.63, 3.8) is 0 Å². The predicted molar refractivity (Wildman–Crippen MR) is 69.2 cm³/mol. The molecule has 5 nitrogen and oxygen atoms in total. The van der Waals surface area contributed by atoms with Crippen LogP contribution in [0, 0.1) is 5.92 Å². The van der Waals surface area contributed by atoms with Gasteiger partial charge in [0.1, 0.15) is 12.3 Å². The lowest BCUT2D eigenvalue weighted by Gasteiger charge is -2.25. The summed E-state index contributed by atoms with van der Waals surface area (Å²) >= 11 is 0. The summed E-state index contributed by atoms with van der Waals surface area (Å²) in [5, 5.41) is 10.8. The van der Waals surface area contributed by atoms with Crippen molar-refractivity contribution in [3.05, 3.63) is 29.8 Å². The van der Waals surface area contributed by atoms with Gasteiger partial charge in [0.05, 0.1) is 6.61 Å². The summed E-state index contributed by atoms with van der Waals surface area (Å²) in [4.78, 5) is 21.9. The summed E-state index contributed by atoms with van der Waals surface area (Å²) < 4.78 is 5.62. The Hall–Kier alpha value is -2.04. The Bertz CT molecular complexity index is 451. The summed E-state index contributed by atoms with van der Waals surface area (Å²) in [5.41, 5.74) is 0.428. The minimum atomic E-state index is -1.06. The molecule has 0 heterocycles. The first-order chi connectivity index (χ1) is 9.15. The molecule has 0 spiro atoms. The van der Waals surface area contributed by atoms with Crippen molar-refractivity contribution in [3.8, 4) is 5.75 Å². The van der Waals surface area contributed by atoms with Gasteiger partial charge in [-0.15, -0.1) is 0 Å². The zero-order chi connectivity index (χ0) is 13.7. The van der Waals surface area contributed by atoms with Gasteiger partial charge in [0.25, 0.3) is 5.91 Å². The van der Waals surface area contributed by atoms with E-state index in [9.17, 15) is 9.59 Å². The van der Waals surface area contributed by atoms with Gasteiger partial charge in [-0.1, -0.05) is 6.42 Å². The summed E-state index contributed by atoms with van der Waals surface area (Å²) in [6.45, 7) is 0.351. The molecule has 1 aromatic carbocycles. The average molecular weight is 263 g/mol. The molecule has 1 saturated carbocycles. The number of ether oxygens (including phenoxy) is 1. The summed E-state index contributed by atoms with van der Waals surface area (Å²) in [7, 11) is 0. The molecule has 1 aliphatic rings. The third-order valence-electron chi connectivity index (χ3n) is 3.23. The molecule has 0 bridgehead atoms. The average Bonchev–Trinajstić information content (AvgIpc) is 2.35. The van der Waals surface area contributed by atoms with Crippen LogP contribution in [0.15, 0.2) is 24.3 Å². The Balaban J connectivity index is 1.82. The minimum absolute atomic E-state index is 0.376. The second-order valence-electron chi connectivity index (χ2n) is 4.71. The maximum Gasteiger partial charge on any atom is 0.322 e. The van der Waals surface area contributed by atoms with Crippen LogP contribution in [0.4, 0.5) is 0 Å². The van der Waals surface area contributed by atoms with E-state index in [1.807, 2.05) is 0 Å². The molecular weight excluding hydrogens is 246 g/mol. The van der Waals surface area contributed by atoms with Crippen molar-refractivity contribution in [2.45, 2.75) is 19.3 Å². The number of carbonyl (C=O) groups excluding carboxylic acids is 1. The molecular formula is C14H17NO4. The highest BCUT2D eigenvalue weighted by Gasteiger charge is 2.17. The van der Waals surface area contributed by atoms with Crippen molar-refractivity contribution in [2.24, 2.45) is 5.92 Å². The fourth-order valence-corrected chi connectivity index (χ4v) is 1.83. The molecule has 2 N–H and O–H groups in total. The van der Waals surface area contributed by atoms with Crippen LogP contribution in [0.5, 0.6) is 5.75 Å². The van der Waals surface area contributed by atoms with E-state index in [0.717, 1.165) is 12.4 Å². The number of benzene rings is 1. The fraction of sp³-hybridized carbons (Fsp3) is 0.429. The Labute approximate surface area is 111 Å². The predicted octanol–water partition coefficient (Wildman–Crippen LogP) is 1.68. The highest BCUT2D eigenvalue weighted by Crippen LogP contribution is 2.27. The van der Waals surface area contributed by atoms with Crippen molar-refractivity contribution in [1.29, 1.82) is 0 Å². The normalized spacial score (nSPS) is 14.5. The number of carboxylic acids is 1. The number of hydrogen-bond acceptors (Lipinski definition) is 3. The second-order valence-corrected chi connectivity index (χ2v) is 4.71. The van der Waals surface area contributed by atoms with E-state index in [1.165, 1.54) is 19.3 Å². The first kappa shape index (κ1) is 13.4. The van der Waals surface area contributed by atoms with Gasteiger partial charge in [0.15, 0.2) is 0 Å². The number of nitrogens with one attached hydrogen (secondary N) is 1. The maximum atomic E-state index is 11.6. The molecule has 1 fully saturated rings. The van der Waals surface area contributed by atoms with Gasteiger partial charge in [-0.3, -0.25) is 9.59 Å². The molecule has 0 radical (unpaired) electrons. The van der Waals surface area contributed by atoms with E-state index < -0.39 is 11.9 Å². The van der Waals surface area contributed by atoms with E-state index in [1.54, 1.807) is 24.3 Å². The van der Waals surface area contributed by atoms with Crippen molar-refractivity contribution < 1.29 is 19.4 Å². The van der Waals surface area contributed by atoms with Crippen LogP contribution in [0.2, 0.25) is 0 Å². The zero-order valence-electron chi connectivity index (χ0n) is 10.6. The largest absolute Gasteiger partial charge is 0.493 e. The summed E-state index contributed by atoms with van der Waals surface area (Å²) in [6, 6.07) is 6.73. The molecule has 19 heavy (non-hydrogen) atoms. The third-order valence-corrected chi connectivity index (χ3v) is 3.23. The number of amides is 1. The Morgan fingerprint density at radius 3 is 2.47 bits per heavy atom. The quantitative estimate of drug-likeness (QED) is 0.818. The number of carbonyl (C=O) groups is 2. The van der Waals surface area contributed by atoms with Gasteiger partial charge >= 0.3 is 5.97 Å². The molecule has 1 aromatic rings. The third kappa shape index (κ3) is 3.98. The highest BCUT2D eigenvalue weighted by molar-refractivity contribution is 5.95. The molecule has 1 amide bonds. The molecule has 5 heteroatoms. The van der Waals surface area contributed by atoms with Crippen LogP contribution >= 0.6 is 0 Å². The Morgan fingerprint density at radius 2 is 1.95 bits per heavy atom. The number of carboxylic acid groups (broad SMARTS) is 1. The number of aliphatic carboxylic acids is 1. The summed E-state index contributed by atoms with van der Waals surface area (Å²) in [5.74, 6) is -0.0537. The zero-order valence-corrected chi connectivity index (χ0v) is 10.6. The monoisotopic (exact) mass is 263 g/mol. The lowest BCUT2D eigenvalue weighted by atomic mass is 9.86. The van der Waals surface area contributed by atoms with E-state index in [-0.39, 0.29) is 6.54 Å². The van der Waals surface area contributed by atoms with Crippen LogP contribution in [0.3, 0.4) is 0 Å². The topological polar surface area (TPSA) is 75.6 Å². The standard InChI is InChI=1S/C14H17NO4/c16-13(17)8-15-14(18)11-4-6-12(7-5-11)19-9-10-2-1-3-10/h4-7,10H,1-3,8-9H2,(H,15,18)(H,16,17). The van der Waals surface area contributed by atoms with Crippen molar-refractivity contribution >= 4 is 11.9 Å². The minimum Gasteiger partial charge on any atom is -0.493 e. The maximum absolute atomic E-state index is 11.6. The van der Waals surface area contributed by atoms with E-state index in [0.29, 0.717) is 11.5 Å². The molecule has 1 aliphatic carbocycles. The smallest absolute Gasteiger partial charge is 0.322 e. The van der Waals surface area contributed by atoms with Crippen molar-refractivity contribution in [2.75, 3.05) is 13.2 Å². The first-order valence-corrected chi connectivity index (χ1v) is 6.38. The van der Waals surface area contributed by atoms with E-state index in [4.69, 9.17) is 9.84 Å². The Morgan fingerprint density at radius 1 is 1.26 bits per heavy atom. The van der Waals surface area contributed by atoms with Gasteiger partial charge in [-0.25, -0.2) is 0 Å². The summed E-state index contributed by atoms with van der Waals surface area (Å²) in [6.07, 6.45) is 3.75. The van der Waals surface area contributed by atoms with Crippen molar-refractivity contribution in [1.82, 2.24) is 5.32 Å². The van der Waals surface area contributed by atoms with Crippen LogP contribution in [0.25, 0.3) is 0 Å². The van der Waals surface area contributed by atoms with Gasteiger partial charge < -0.3 is 15.2 Å². The number of rotatable bonds is 6. The van der Waals surface area contributed by atoms with Gasteiger partial charge in [-0.05, 0) is 43.0 Å². The van der Waals surface area contributed by atoms with Gasteiger partial charge in [-0.2, -0.15) is 0 Å².